The number of aliphatic carboxylic acids is 1. The molecule has 0 saturated heterocycles. The Kier molecular flexibility index (Phi) is 9.22. The molecule has 0 aliphatic heterocycles. The smallest absolute Gasteiger partial charge is 0.407 e. The van der Waals surface area contributed by atoms with Crippen LogP contribution in [0.25, 0.3) is 11.1 Å². The quantitative estimate of drug-likeness (QED) is 0.308. The van der Waals surface area contributed by atoms with Crippen LogP contribution in [0, 0.1) is 0 Å². The lowest BCUT2D eigenvalue weighted by Crippen LogP contribution is -2.48. The van der Waals surface area contributed by atoms with Crippen molar-refractivity contribution in [2.75, 3.05) is 26.4 Å². The van der Waals surface area contributed by atoms with Gasteiger partial charge in [0, 0.05) is 18.9 Å². The molecule has 0 radical (unpaired) electrons. The summed E-state index contributed by atoms with van der Waals surface area (Å²) >= 11 is 0. The first-order chi connectivity index (χ1) is 16.5. The number of hydrogen-bond acceptors (Lipinski definition) is 5. The van der Waals surface area contributed by atoms with Crippen molar-refractivity contribution in [1.82, 2.24) is 10.6 Å². The van der Waals surface area contributed by atoms with Crippen LogP contribution in [0.5, 0.6) is 0 Å². The summed E-state index contributed by atoms with van der Waals surface area (Å²) < 4.78 is 10.8. The van der Waals surface area contributed by atoms with Gasteiger partial charge in [0.05, 0.1) is 13.2 Å². The van der Waals surface area contributed by atoms with E-state index >= 15 is 0 Å². The summed E-state index contributed by atoms with van der Waals surface area (Å²) in [5.41, 5.74) is 4.38. The van der Waals surface area contributed by atoms with E-state index < -0.39 is 24.0 Å². The van der Waals surface area contributed by atoms with E-state index in [1.165, 1.54) is 0 Å². The third-order valence-electron chi connectivity index (χ3n) is 5.61. The van der Waals surface area contributed by atoms with Crippen LogP contribution in [-0.2, 0) is 19.1 Å². The maximum absolute atomic E-state index is 12.5. The number of alkyl carbamates (subject to hydrolysis) is 1. The predicted octanol–water partition coefficient (Wildman–Crippen LogP) is 3.47. The molecule has 1 aliphatic rings. The molecule has 0 aromatic heterocycles. The molecule has 0 heterocycles. The Hall–Kier alpha value is -3.65. The van der Waals surface area contributed by atoms with Crippen LogP contribution in [0.3, 0.4) is 0 Å². The normalized spacial score (nSPS) is 12.8. The highest BCUT2D eigenvalue weighted by atomic mass is 16.5. The summed E-state index contributed by atoms with van der Waals surface area (Å²) in [7, 11) is 0. The number of hydrogen-bond donors (Lipinski definition) is 3. The molecular formula is C26H30N2O6. The first-order valence-electron chi connectivity index (χ1n) is 11.3. The second-order valence-electron chi connectivity index (χ2n) is 7.94. The molecule has 180 valence electrons. The van der Waals surface area contributed by atoms with Crippen LogP contribution in [0.4, 0.5) is 4.79 Å². The number of carboxylic acids is 1. The Bertz CT molecular complexity index is 976. The van der Waals surface area contributed by atoms with Crippen molar-refractivity contribution in [2.45, 2.75) is 31.2 Å². The van der Waals surface area contributed by atoms with Crippen molar-refractivity contribution in [3.63, 3.8) is 0 Å². The Morgan fingerprint density at radius 3 is 2.29 bits per heavy atom. The molecule has 0 spiro atoms. The number of benzene rings is 2. The molecule has 1 atom stereocenters. The molecule has 1 aliphatic carbocycles. The van der Waals surface area contributed by atoms with E-state index in [4.69, 9.17) is 14.6 Å². The molecule has 0 bridgehead atoms. The van der Waals surface area contributed by atoms with Crippen LogP contribution >= 0.6 is 0 Å². The van der Waals surface area contributed by atoms with E-state index in [0.717, 1.165) is 22.3 Å². The molecule has 0 fully saturated rings. The molecule has 3 N–H and O–H groups in total. The van der Waals surface area contributed by atoms with Crippen molar-refractivity contribution >= 4 is 18.0 Å². The number of carbonyl (C=O) groups is 3. The number of rotatable bonds is 13. The lowest BCUT2D eigenvalue weighted by atomic mass is 9.98. The van der Waals surface area contributed by atoms with E-state index in [0.29, 0.717) is 19.6 Å². The lowest BCUT2D eigenvalue weighted by molar-refractivity contribution is -0.137. The Morgan fingerprint density at radius 1 is 1.03 bits per heavy atom. The highest BCUT2D eigenvalue weighted by Crippen LogP contribution is 2.44. The minimum Gasteiger partial charge on any atom is -0.481 e. The Labute approximate surface area is 199 Å². The van der Waals surface area contributed by atoms with Gasteiger partial charge in [-0.15, -0.1) is 6.58 Å². The molecule has 1 unspecified atom stereocenters. The summed E-state index contributed by atoms with van der Waals surface area (Å²) in [6.45, 7) is 4.75. The number of carboxylic acid groups (broad SMARTS) is 1. The molecule has 34 heavy (non-hydrogen) atoms. The van der Waals surface area contributed by atoms with Gasteiger partial charge in [0.15, 0.2) is 0 Å². The van der Waals surface area contributed by atoms with Gasteiger partial charge in [-0.1, -0.05) is 54.6 Å². The van der Waals surface area contributed by atoms with Crippen LogP contribution < -0.4 is 10.6 Å². The van der Waals surface area contributed by atoms with Gasteiger partial charge in [-0.3, -0.25) is 9.59 Å². The Balaban J connectivity index is 1.56. The summed E-state index contributed by atoms with van der Waals surface area (Å²) in [4.78, 5) is 36.1. The molecule has 3 rings (SSSR count). The fourth-order valence-corrected chi connectivity index (χ4v) is 3.96. The standard InChI is InChI=1S/C26H30N2O6/c1-2-3-15-33-16-14-27-25(31)23(12-13-24(29)30)28-26(32)34-17-22-20-10-6-4-8-18(20)19-9-5-7-11-21(19)22/h2,4-11,22-23H,1,3,12-17H2,(H,27,31)(H,28,32)(H,29,30). The van der Waals surface area contributed by atoms with Crippen LogP contribution in [-0.4, -0.2) is 55.5 Å². The number of fused-ring (bicyclic) bond motifs is 3. The van der Waals surface area contributed by atoms with E-state index in [-0.39, 0.29) is 31.9 Å². The summed E-state index contributed by atoms with van der Waals surface area (Å²) in [5, 5.41) is 14.2. The van der Waals surface area contributed by atoms with Crippen LogP contribution in [0.2, 0.25) is 0 Å². The van der Waals surface area contributed by atoms with Gasteiger partial charge in [-0.25, -0.2) is 4.79 Å². The highest BCUT2D eigenvalue weighted by molar-refractivity contribution is 5.86. The molecule has 0 saturated carbocycles. The third-order valence-corrected chi connectivity index (χ3v) is 5.61. The van der Waals surface area contributed by atoms with Crippen molar-refractivity contribution < 1.29 is 29.0 Å². The number of ether oxygens (including phenoxy) is 2. The molecular weight excluding hydrogens is 436 g/mol. The molecule has 2 aromatic carbocycles. The average molecular weight is 467 g/mol. The topological polar surface area (TPSA) is 114 Å². The van der Waals surface area contributed by atoms with E-state index in [2.05, 4.69) is 17.2 Å². The lowest BCUT2D eigenvalue weighted by Gasteiger charge is -2.19. The van der Waals surface area contributed by atoms with E-state index in [1.807, 2.05) is 48.5 Å². The maximum Gasteiger partial charge on any atom is 0.407 e. The van der Waals surface area contributed by atoms with Crippen molar-refractivity contribution in [2.24, 2.45) is 0 Å². The molecule has 2 amide bonds. The number of nitrogens with one attached hydrogen (secondary N) is 2. The van der Waals surface area contributed by atoms with Gasteiger partial charge < -0.3 is 25.2 Å². The fraction of sp³-hybridized carbons (Fsp3) is 0.346. The minimum atomic E-state index is -1.06. The monoisotopic (exact) mass is 466 g/mol. The predicted molar refractivity (Wildman–Crippen MR) is 128 cm³/mol. The van der Waals surface area contributed by atoms with Crippen LogP contribution in [0.1, 0.15) is 36.3 Å². The van der Waals surface area contributed by atoms with Gasteiger partial charge >= 0.3 is 12.1 Å². The first-order valence-corrected chi connectivity index (χ1v) is 11.3. The van der Waals surface area contributed by atoms with Gasteiger partial charge in [0.25, 0.3) is 0 Å². The zero-order valence-electron chi connectivity index (χ0n) is 19.0. The highest BCUT2D eigenvalue weighted by Gasteiger charge is 2.29. The average Bonchev–Trinajstić information content (AvgIpc) is 3.16. The zero-order valence-corrected chi connectivity index (χ0v) is 19.0. The SMILES string of the molecule is C=CCCOCCNC(=O)C(CCC(=O)O)NC(=O)OCC1c2ccccc2-c2ccccc21. The summed E-state index contributed by atoms with van der Waals surface area (Å²) in [6.07, 6.45) is 1.35. The van der Waals surface area contributed by atoms with Crippen molar-refractivity contribution in [1.29, 1.82) is 0 Å². The first kappa shape index (κ1) is 25.0. The van der Waals surface area contributed by atoms with Gasteiger partial charge in [0.1, 0.15) is 12.6 Å². The number of carbonyl (C=O) groups excluding carboxylic acids is 2. The van der Waals surface area contributed by atoms with Crippen molar-refractivity contribution in [3.05, 3.63) is 72.3 Å². The maximum atomic E-state index is 12.5. The third kappa shape index (κ3) is 6.68. The largest absolute Gasteiger partial charge is 0.481 e. The van der Waals surface area contributed by atoms with Gasteiger partial charge in [0.2, 0.25) is 5.91 Å². The van der Waals surface area contributed by atoms with E-state index in [1.54, 1.807) is 6.08 Å². The van der Waals surface area contributed by atoms with E-state index in [9.17, 15) is 14.4 Å². The van der Waals surface area contributed by atoms with Gasteiger partial charge in [-0.05, 0) is 35.1 Å². The fourth-order valence-electron chi connectivity index (χ4n) is 3.96. The molecule has 2 aromatic rings. The second kappa shape index (κ2) is 12.6. The van der Waals surface area contributed by atoms with Crippen LogP contribution in [0.15, 0.2) is 61.2 Å². The molecule has 8 nitrogen and oxygen atoms in total. The van der Waals surface area contributed by atoms with Crippen molar-refractivity contribution in [3.8, 4) is 11.1 Å². The van der Waals surface area contributed by atoms with Gasteiger partial charge in [-0.2, -0.15) is 0 Å². The summed E-state index contributed by atoms with van der Waals surface area (Å²) in [6, 6.07) is 14.9. The second-order valence-corrected chi connectivity index (χ2v) is 7.94. The molecule has 8 heteroatoms. The zero-order chi connectivity index (χ0) is 24.3. The Morgan fingerprint density at radius 2 is 1.68 bits per heavy atom. The number of amides is 2. The minimum absolute atomic E-state index is 0.0529. The summed E-state index contributed by atoms with van der Waals surface area (Å²) in [5.74, 6) is -1.65.